The maximum absolute atomic E-state index is 12.7. The molecule has 0 amide bonds. The number of ether oxygens (including phenoxy) is 4. The summed E-state index contributed by atoms with van der Waals surface area (Å²) in [7, 11) is 1.55. The summed E-state index contributed by atoms with van der Waals surface area (Å²) in [4.78, 5) is 12.7. The molecule has 0 aromatic heterocycles. The molecule has 27 heavy (non-hydrogen) atoms. The zero-order chi connectivity index (χ0) is 20.0. The monoisotopic (exact) mass is 372 g/mol. The lowest BCUT2D eigenvalue weighted by molar-refractivity contribution is -0.139. The van der Waals surface area contributed by atoms with E-state index in [1.807, 2.05) is 13.8 Å². The maximum atomic E-state index is 12.7. The molecule has 0 aliphatic carbocycles. The van der Waals surface area contributed by atoms with E-state index < -0.39 is 11.9 Å². The molecular weight excluding hydrogens is 348 g/mol. The van der Waals surface area contributed by atoms with E-state index >= 15 is 0 Å². The van der Waals surface area contributed by atoms with Crippen molar-refractivity contribution >= 4 is 5.97 Å². The fourth-order valence-corrected chi connectivity index (χ4v) is 2.99. The van der Waals surface area contributed by atoms with Crippen molar-refractivity contribution in [2.45, 2.75) is 33.1 Å². The van der Waals surface area contributed by atoms with E-state index in [0.717, 1.165) is 0 Å². The summed E-state index contributed by atoms with van der Waals surface area (Å²) < 4.78 is 21.7. The number of methoxy groups -OCH3 is 1. The predicted octanol–water partition coefficient (Wildman–Crippen LogP) is 3.13. The molecule has 1 aromatic carbocycles. The number of carbonyl (C=O) groups is 1. The summed E-state index contributed by atoms with van der Waals surface area (Å²) in [6.45, 7) is 6.07. The molecule has 0 spiro atoms. The van der Waals surface area contributed by atoms with Crippen LogP contribution in [0.5, 0.6) is 11.5 Å². The standard InChI is InChI=1S/C20H24N2O5/c1-5-14-18(20(23)26-7-3)17(13(11-21)19(22)27-14)12-8-9-15(24-4)16(10-12)25-6-2/h8-10,17H,5-7,22H2,1-4H3/t17-/m1/s1. The summed E-state index contributed by atoms with van der Waals surface area (Å²) >= 11 is 0. The SMILES string of the molecule is CCOC(=O)C1=C(CC)OC(N)=C(C#N)[C@H]1c1ccc(OC)c(OCC)c1. The van der Waals surface area contributed by atoms with Gasteiger partial charge in [0.2, 0.25) is 5.88 Å². The van der Waals surface area contributed by atoms with E-state index in [1.54, 1.807) is 32.2 Å². The van der Waals surface area contributed by atoms with Gasteiger partial charge in [-0.15, -0.1) is 0 Å². The van der Waals surface area contributed by atoms with E-state index in [1.165, 1.54) is 0 Å². The number of rotatable bonds is 7. The summed E-state index contributed by atoms with van der Waals surface area (Å²) in [6.07, 6.45) is 0.429. The van der Waals surface area contributed by atoms with E-state index in [4.69, 9.17) is 24.7 Å². The second-order valence-electron chi connectivity index (χ2n) is 5.68. The number of benzene rings is 1. The van der Waals surface area contributed by atoms with Crippen molar-refractivity contribution in [2.75, 3.05) is 20.3 Å². The zero-order valence-electron chi connectivity index (χ0n) is 16.0. The molecule has 0 unspecified atom stereocenters. The lowest BCUT2D eigenvalue weighted by Crippen LogP contribution is -2.26. The van der Waals surface area contributed by atoms with Crippen LogP contribution in [-0.2, 0) is 14.3 Å². The van der Waals surface area contributed by atoms with Crippen molar-refractivity contribution in [3.05, 3.63) is 46.6 Å². The van der Waals surface area contributed by atoms with Crippen LogP contribution in [0.25, 0.3) is 0 Å². The molecule has 7 nitrogen and oxygen atoms in total. The average molecular weight is 372 g/mol. The average Bonchev–Trinajstić information content (AvgIpc) is 2.67. The van der Waals surface area contributed by atoms with Crippen LogP contribution in [0.2, 0.25) is 0 Å². The van der Waals surface area contributed by atoms with Gasteiger partial charge in [-0.1, -0.05) is 13.0 Å². The minimum Gasteiger partial charge on any atom is -0.493 e. The molecule has 0 radical (unpaired) electrons. The third-order valence-electron chi connectivity index (χ3n) is 4.13. The summed E-state index contributed by atoms with van der Waals surface area (Å²) in [5, 5.41) is 9.66. The van der Waals surface area contributed by atoms with E-state index in [-0.39, 0.29) is 23.6 Å². The van der Waals surface area contributed by atoms with Crippen LogP contribution in [0.15, 0.2) is 41.0 Å². The fraction of sp³-hybridized carbons (Fsp3) is 0.400. The first kappa shape index (κ1) is 20.2. The topological polar surface area (TPSA) is 104 Å². The molecule has 2 rings (SSSR count). The first-order valence-electron chi connectivity index (χ1n) is 8.80. The minimum absolute atomic E-state index is 0.0128. The number of hydrogen-bond donors (Lipinski definition) is 1. The van der Waals surface area contributed by atoms with E-state index in [0.29, 0.717) is 35.8 Å². The van der Waals surface area contributed by atoms with Crippen LogP contribution in [0, 0.1) is 11.3 Å². The van der Waals surface area contributed by atoms with Gasteiger partial charge in [-0.05, 0) is 31.5 Å². The lowest BCUT2D eigenvalue weighted by Gasteiger charge is -2.28. The van der Waals surface area contributed by atoms with Gasteiger partial charge in [0.25, 0.3) is 0 Å². The molecule has 1 aromatic rings. The normalized spacial score (nSPS) is 16.5. The highest BCUT2D eigenvalue weighted by Gasteiger charge is 2.37. The van der Waals surface area contributed by atoms with Crippen LogP contribution in [0.3, 0.4) is 0 Å². The Labute approximate surface area is 159 Å². The molecule has 0 saturated carbocycles. The van der Waals surface area contributed by atoms with Crippen molar-refractivity contribution in [3.8, 4) is 17.6 Å². The smallest absolute Gasteiger partial charge is 0.338 e. The number of carbonyl (C=O) groups excluding carboxylic acids is 1. The van der Waals surface area contributed by atoms with Crippen molar-refractivity contribution in [3.63, 3.8) is 0 Å². The van der Waals surface area contributed by atoms with Crippen LogP contribution < -0.4 is 15.2 Å². The van der Waals surface area contributed by atoms with E-state index in [9.17, 15) is 10.1 Å². The Morgan fingerprint density at radius 3 is 2.56 bits per heavy atom. The Bertz CT molecular complexity index is 820. The second kappa shape index (κ2) is 8.99. The third-order valence-corrected chi connectivity index (χ3v) is 4.13. The third kappa shape index (κ3) is 4.00. The van der Waals surface area contributed by atoms with Gasteiger partial charge < -0.3 is 24.7 Å². The number of esters is 1. The molecule has 144 valence electrons. The molecule has 1 heterocycles. The highest BCUT2D eigenvalue weighted by molar-refractivity contribution is 5.92. The van der Waals surface area contributed by atoms with Crippen LogP contribution in [0.4, 0.5) is 0 Å². The highest BCUT2D eigenvalue weighted by Crippen LogP contribution is 2.42. The number of allylic oxidation sites excluding steroid dienone is 2. The Morgan fingerprint density at radius 2 is 2.00 bits per heavy atom. The summed E-state index contributed by atoms with van der Waals surface area (Å²) in [6, 6.07) is 7.32. The summed E-state index contributed by atoms with van der Waals surface area (Å²) in [5.74, 6) is 0.211. The second-order valence-corrected chi connectivity index (χ2v) is 5.68. The molecule has 7 heteroatoms. The number of nitrogens with two attached hydrogens (primary N) is 1. The van der Waals surface area contributed by atoms with Gasteiger partial charge in [0.1, 0.15) is 17.4 Å². The molecule has 0 bridgehead atoms. The predicted molar refractivity (Wildman–Crippen MR) is 98.8 cm³/mol. The quantitative estimate of drug-likeness (QED) is 0.733. The Balaban J connectivity index is 2.68. The lowest BCUT2D eigenvalue weighted by atomic mass is 9.82. The van der Waals surface area contributed by atoms with Crippen molar-refractivity contribution < 1.29 is 23.7 Å². The van der Waals surface area contributed by atoms with E-state index in [2.05, 4.69) is 6.07 Å². The maximum Gasteiger partial charge on any atom is 0.338 e. The molecule has 0 saturated heterocycles. The van der Waals surface area contributed by atoms with Gasteiger partial charge >= 0.3 is 5.97 Å². The number of nitrogens with zero attached hydrogens (tertiary/aromatic N) is 1. The molecule has 0 fully saturated rings. The Hall–Kier alpha value is -3.14. The van der Waals surface area contributed by atoms with Gasteiger partial charge in [-0.2, -0.15) is 5.26 Å². The van der Waals surface area contributed by atoms with Gasteiger partial charge in [-0.3, -0.25) is 0 Å². The minimum atomic E-state index is -0.706. The number of nitriles is 1. The van der Waals surface area contributed by atoms with Gasteiger partial charge in [0.15, 0.2) is 11.5 Å². The number of hydrogen-bond acceptors (Lipinski definition) is 7. The van der Waals surface area contributed by atoms with Crippen LogP contribution in [-0.4, -0.2) is 26.3 Å². The van der Waals surface area contributed by atoms with Gasteiger partial charge in [0.05, 0.1) is 31.8 Å². The fourth-order valence-electron chi connectivity index (χ4n) is 2.99. The molecular formula is C20H24N2O5. The van der Waals surface area contributed by atoms with Gasteiger partial charge in [-0.25, -0.2) is 4.79 Å². The molecule has 1 aliphatic rings. The van der Waals surface area contributed by atoms with Gasteiger partial charge in [0, 0.05) is 6.42 Å². The molecule has 1 atom stereocenters. The van der Waals surface area contributed by atoms with Crippen molar-refractivity contribution in [1.29, 1.82) is 5.26 Å². The Morgan fingerprint density at radius 1 is 1.26 bits per heavy atom. The first-order chi connectivity index (χ1) is 13.0. The largest absolute Gasteiger partial charge is 0.493 e. The summed E-state index contributed by atoms with van der Waals surface area (Å²) in [5.41, 5.74) is 7.06. The van der Waals surface area contributed by atoms with Crippen molar-refractivity contribution in [1.82, 2.24) is 0 Å². The van der Waals surface area contributed by atoms with Crippen LogP contribution in [0.1, 0.15) is 38.7 Å². The first-order valence-corrected chi connectivity index (χ1v) is 8.80. The van der Waals surface area contributed by atoms with Crippen molar-refractivity contribution in [2.24, 2.45) is 5.73 Å². The van der Waals surface area contributed by atoms with Crippen LogP contribution >= 0.6 is 0 Å². The Kier molecular flexibility index (Phi) is 6.72. The molecule has 2 N–H and O–H groups in total. The zero-order valence-corrected chi connectivity index (χ0v) is 16.0. The molecule has 1 aliphatic heterocycles. The highest BCUT2D eigenvalue weighted by atomic mass is 16.5.